The lowest BCUT2D eigenvalue weighted by Gasteiger charge is -2.15. The second-order valence-corrected chi connectivity index (χ2v) is 4.37. The Bertz CT molecular complexity index is 563. The highest BCUT2D eigenvalue weighted by molar-refractivity contribution is 6.10. The van der Waals surface area contributed by atoms with Gasteiger partial charge in [0, 0.05) is 23.5 Å². The maximum absolute atomic E-state index is 11.2. The van der Waals surface area contributed by atoms with E-state index in [1.54, 1.807) is 12.1 Å². The van der Waals surface area contributed by atoms with Gasteiger partial charge in [-0.1, -0.05) is 6.07 Å². The fourth-order valence-electron chi connectivity index (χ4n) is 2.46. The number of benzene rings is 1. The highest BCUT2D eigenvalue weighted by atomic mass is 16.2. The number of amides is 2. The number of fused-ring (bicyclic) bond motifs is 3. The van der Waals surface area contributed by atoms with Crippen molar-refractivity contribution >= 4 is 17.5 Å². The lowest BCUT2D eigenvalue weighted by Crippen LogP contribution is -2.31. The molecule has 0 saturated heterocycles. The number of hydrazone groups is 1. The van der Waals surface area contributed by atoms with Crippen molar-refractivity contribution in [2.24, 2.45) is 16.8 Å². The van der Waals surface area contributed by atoms with E-state index in [4.69, 9.17) is 5.73 Å². The lowest BCUT2D eigenvalue weighted by atomic mass is 9.99. The van der Waals surface area contributed by atoms with Gasteiger partial charge in [-0.2, -0.15) is 5.10 Å². The molecule has 86 valence electrons. The van der Waals surface area contributed by atoms with Crippen molar-refractivity contribution in [1.82, 2.24) is 5.43 Å². The molecule has 0 saturated carbocycles. The van der Waals surface area contributed by atoms with E-state index in [-0.39, 0.29) is 11.8 Å². The zero-order valence-corrected chi connectivity index (χ0v) is 9.06. The standard InChI is InChI=1S/C12H11N3O2/c13-12(17)6-1-2-9-7(3-6)4-8-5-10(16)14-15-11(8)9/h1-3,8H,4-5H2,(H2,13,17)(H,14,16). The number of nitrogens with zero attached hydrogens (tertiary/aromatic N) is 1. The maximum Gasteiger partial charge on any atom is 0.248 e. The van der Waals surface area contributed by atoms with Gasteiger partial charge in [-0.15, -0.1) is 0 Å². The third-order valence-electron chi connectivity index (χ3n) is 3.25. The minimum absolute atomic E-state index is 0.0540. The summed E-state index contributed by atoms with van der Waals surface area (Å²) in [5.74, 6) is -0.345. The molecular formula is C12H11N3O2. The molecule has 17 heavy (non-hydrogen) atoms. The molecule has 2 amide bonds. The van der Waals surface area contributed by atoms with Gasteiger partial charge in [-0.3, -0.25) is 9.59 Å². The van der Waals surface area contributed by atoms with E-state index in [1.807, 2.05) is 6.07 Å². The first-order chi connectivity index (χ1) is 8.15. The van der Waals surface area contributed by atoms with Crippen molar-refractivity contribution in [3.05, 3.63) is 34.9 Å². The predicted molar refractivity (Wildman–Crippen MR) is 61.5 cm³/mol. The number of hydrogen-bond acceptors (Lipinski definition) is 3. The highest BCUT2D eigenvalue weighted by Crippen LogP contribution is 2.31. The van der Waals surface area contributed by atoms with E-state index in [1.165, 1.54) is 0 Å². The van der Waals surface area contributed by atoms with Gasteiger partial charge >= 0.3 is 0 Å². The molecule has 1 aromatic rings. The van der Waals surface area contributed by atoms with Gasteiger partial charge in [-0.25, -0.2) is 5.43 Å². The Hall–Kier alpha value is -2.17. The van der Waals surface area contributed by atoms with E-state index in [9.17, 15) is 9.59 Å². The molecule has 3 rings (SSSR count). The molecule has 0 radical (unpaired) electrons. The molecule has 5 heteroatoms. The number of nitrogens with two attached hydrogens (primary N) is 1. The van der Waals surface area contributed by atoms with Crippen molar-refractivity contribution in [3.8, 4) is 0 Å². The molecule has 5 nitrogen and oxygen atoms in total. The third kappa shape index (κ3) is 1.51. The summed E-state index contributed by atoms with van der Waals surface area (Å²) < 4.78 is 0. The highest BCUT2D eigenvalue weighted by Gasteiger charge is 2.33. The summed E-state index contributed by atoms with van der Waals surface area (Å²) in [6.07, 6.45) is 1.21. The molecule has 0 aromatic heterocycles. The summed E-state index contributed by atoms with van der Waals surface area (Å²) in [7, 11) is 0. The van der Waals surface area contributed by atoms with Gasteiger partial charge in [0.25, 0.3) is 0 Å². The van der Waals surface area contributed by atoms with E-state index in [2.05, 4.69) is 10.5 Å². The van der Waals surface area contributed by atoms with E-state index < -0.39 is 5.91 Å². The first kappa shape index (κ1) is 10.0. The van der Waals surface area contributed by atoms with Crippen LogP contribution in [0.3, 0.4) is 0 Å². The Morgan fingerprint density at radius 2 is 2.24 bits per heavy atom. The van der Waals surface area contributed by atoms with Gasteiger partial charge in [-0.05, 0) is 24.1 Å². The van der Waals surface area contributed by atoms with E-state index >= 15 is 0 Å². The first-order valence-corrected chi connectivity index (χ1v) is 5.44. The van der Waals surface area contributed by atoms with Crippen molar-refractivity contribution in [1.29, 1.82) is 0 Å². The number of nitrogens with one attached hydrogen (secondary N) is 1. The summed E-state index contributed by atoms with van der Waals surface area (Å²) in [6, 6.07) is 5.34. The van der Waals surface area contributed by atoms with Gasteiger partial charge in [0.15, 0.2) is 0 Å². The van der Waals surface area contributed by atoms with Crippen molar-refractivity contribution in [2.75, 3.05) is 0 Å². The fourth-order valence-corrected chi connectivity index (χ4v) is 2.46. The van der Waals surface area contributed by atoms with Crippen LogP contribution in [-0.2, 0) is 11.2 Å². The number of primary amides is 1. The Morgan fingerprint density at radius 1 is 1.41 bits per heavy atom. The van der Waals surface area contributed by atoms with Crippen LogP contribution in [0.2, 0.25) is 0 Å². The zero-order valence-electron chi connectivity index (χ0n) is 9.06. The Morgan fingerprint density at radius 3 is 3.00 bits per heavy atom. The van der Waals surface area contributed by atoms with Crippen LogP contribution in [0.5, 0.6) is 0 Å². The molecule has 0 bridgehead atoms. The number of carbonyl (C=O) groups is 2. The van der Waals surface area contributed by atoms with Crippen molar-refractivity contribution < 1.29 is 9.59 Å². The van der Waals surface area contributed by atoms with Crippen LogP contribution >= 0.6 is 0 Å². The third-order valence-corrected chi connectivity index (χ3v) is 3.25. The quantitative estimate of drug-likeness (QED) is 0.720. The molecule has 1 aliphatic carbocycles. The van der Waals surface area contributed by atoms with Crippen LogP contribution < -0.4 is 11.2 Å². The largest absolute Gasteiger partial charge is 0.366 e. The monoisotopic (exact) mass is 229 g/mol. The fraction of sp³-hybridized carbons (Fsp3) is 0.250. The van der Waals surface area contributed by atoms with Crippen LogP contribution in [0, 0.1) is 5.92 Å². The molecule has 3 N–H and O–H groups in total. The summed E-state index contributed by atoms with van der Waals surface area (Å²) in [4.78, 5) is 22.3. The molecular weight excluding hydrogens is 218 g/mol. The Balaban J connectivity index is 2.05. The first-order valence-electron chi connectivity index (χ1n) is 5.44. The Kier molecular flexibility index (Phi) is 2.01. The van der Waals surface area contributed by atoms with Crippen LogP contribution in [0.15, 0.2) is 23.3 Å². The number of carbonyl (C=O) groups excluding carboxylic acids is 2. The second-order valence-electron chi connectivity index (χ2n) is 4.37. The molecule has 0 fully saturated rings. The average Bonchev–Trinajstić information content (AvgIpc) is 2.64. The topological polar surface area (TPSA) is 84.5 Å². The molecule has 1 heterocycles. The summed E-state index contributed by atoms with van der Waals surface area (Å²) in [6.45, 7) is 0. The van der Waals surface area contributed by atoms with E-state index in [0.29, 0.717) is 12.0 Å². The molecule has 1 atom stereocenters. The molecule has 1 aliphatic heterocycles. The average molecular weight is 229 g/mol. The Labute approximate surface area is 97.7 Å². The normalized spacial score (nSPS) is 21.3. The SMILES string of the molecule is NC(=O)c1ccc2c(c1)CC1CC(=O)NN=C21. The molecule has 0 spiro atoms. The number of rotatable bonds is 1. The summed E-state index contributed by atoms with van der Waals surface area (Å²) in [5, 5.41) is 4.09. The lowest BCUT2D eigenvalue weighted by molar-refractivity contribution is -0.121. The minimum atomic E-state index is -0.432. The van der Waals surface area contributed by atoms with Gasteiger partial charge in [0.1, 0.15) is 0 Å². The van der Waals surface area contributed by atoms with Crippen LogP contribution in [-0.4, -0.2) is 17.5 Å². The molecule has 2 aliphatic rings. The predicted octanol–water partition coefficient (Wildman–Crippen LogP) is 0.182. The molecule has 1 unspecified atom stereocenters. The zero-order chi connectivity index (χ0) is 12.0. The molecule has 1 aromatic carbocycles. The van der Waals surface area contributed by atoms with Crippen LogP contribution in [0.1, 0.15) is 27.9 Å². The minimum Gasteiger partial charge on any atom is -0.366 e. The maximum atomic E-state index is 11.2. The van der Waals surface area contributed by atoms with Gasteiger partial charge < -0.3 is 5.73 Å². The smallest absolute Gasteiger partial charge is 0.248 e. The number of hydrogen-bond donors (Lipinski definition) is 2. The van der Waals surface area contributed by atoms with Gasteiger partial charge in [0.2, 0.25) is 11.8 Å². The van der Waals surface area contributed by atoms with Crippen LogP contribution in [0.25, 0.3) is 0 Å². The van der Waals surface area contributed by atoms with E-state index in [0.717, 1.165) is 23.3 Å². The van der Waals surface area contributed by atoms with Crippen molar-refractivity contribution in [3.63, 3.8) is 0 Å². The summed E-state index contributed by atoms with van der Waals surface area (Å²) >= 11 is 0. The van der Waals surface area contributed by atoms with Gasteiger partial charge in [0.05, 0.1) is 5.71 Å². The van der Waals surface area contributed by atoms with Crippen molar-refractivity contribution in [2.45, 2.75) is 12.8 Å². The second kappa shape index (κ2) is 3.41. The summed E-state index contributed by atoms with van der Waals surface area (Å²) in [5.41, 5.74) is 11.2. The van der Waals surface area contributed by atoms with Crippen LogP contribution in [0.4, 0.5) is 0 Å².